The van der Waals surface area contributed by atoms with Crippen molar-refractivity contribution in [3.8, 4) is 0 Å². The number of thioether (sulfide) groups is 1. The first kappa shape index (κ1) is 14.5. The smallest absolute Gasteiger partial charge is 0.233 e. The Morgan fingerprint density at radius 3 is 3.00 bits per heavy atom. The van der Waals surface area contributed by atoms with Crippen molar-refractivity contribution in [3.05, 3.63) is 28.2 Å². The molecule has 1 aromatic carbocycles. The molecule has 1 saturated heterocycles. The summed E-state index contributed by atoms with van der Waals surface area (Å²) in [7, 11) is 0. The van der Waals surface area contributed by atoms with E-state index in [0.717, 1.165) is 5.75 Å². The van der Waals surface area contributed by atoms with Crippen molar-refractivity contribution >= 4 is 52.5 Å². The van der Waals surface area contributed by atoms with Crippen LogP contribution in [-0.2, 0) is 9.59 Å². The Balaban J connectivity index is 1.97. The molecule has 1 aromatic rings. The highest BCUT2D eigenvalue weighted by Gasteiger charge is 2.25. The topological polar surface area (TPSA) is 58.2 Å². The maximum atomic E-state index is 11.9. The fourth-order valence-electron chi connectivity index (χ4n) is 1.69. The lowest BCUT2D eigenvalue weighted by atomic mass is 10.2. The van der Waals surface area contributed by atoms with Gasteiger partial charge in [-0.15, -0.1) is 11.8 Å². The predicted octanol–water partition coefficient (Wildman–Crippen LogP) is 2.55. The summed E-state index contributed by atoms with van der Waals surface area (Å²) in [4.78, 5) is 23.4. The minimum atomic E-state index is -0.341. The van der Waals surface area contributed by atoms with Crippen LogP contribution in [0.5, 0.6) is 0 Å². The number of hydrogen-bond donors (Lipinski definition) is 2. The molecule has 0 spiro atoms. The van der Waals surface area contributed by atoms with Crippen LogP contribution in [0, 0.1) is 0 Å². The standard InChI is InChI=1S/C12H12Cl2N2O2S/c13-7-2-1-3-8(11(7)14)16-10(17)6-9-12(18)15-4-5-19-9/h1-3,9H,4-6H2,(H,15,18)(H,16,17)/t9-/m0/s1. The second-order valence-corrected chi connectivity index (χ2v) is 6.10. The molecule has 2 N–H and O–H groups in total. The van der Waals surface area contributed by atoms with Gasteiger partial charge in [0.1, 0.15) is 0 Å². The molecule has 1 aliphatic heterocycles. The zero-order valence-electron chi connectivity index (χ0n) is 9.91. The van der Waals surface area contributed by atoms with Crippen LogP contribution >= 0.6 is 35.0 Å². The molecule has 0 aliphatic carbocycles. The Hall–Kier alpha value is -0.910. The summed E-state index contributed by atoms with van der Waals surface area (Å²) in [5.41, 5.74) is 0.459. The first-order valence-corrected chi connectivity index (χ1v) is 7.51. The van der Waals surface area contributed by atoms with Crippen LogP contribution in [0.1, 0.15) is 6.42 Å². The molecule has 7 heteroatoms. The fraction of sp³-hybridized carbons (Fsp3) is 0.333. The molecule has 1 atom stereocenters. The van der Waals surface area contributed by atoms with Crippen LogP contribution in [0.4, 0.5) is 5.69 Å². The minimum Gasteiger partial charge on any atom is -0.354 e. The number of halogens is 2. The van der Waals surface area contributed by atoms with Gasteiger partial charge in [0.25, 0.3) is 0 Å². The molecule has 2 amide bonds. The van der Waals surface area contributed by atoms with Gasteiger partial charge >= 0.3 is 0 Å². The van der Waals surface area contributed by atoms with Gasteiger partial charge in [-0.3, -0.25) is 9.59 Å². The Morgan fingerprint density at radius 2 is 2.26 bits per heavy atom. The quantitative estimate of drug-likeness (QED) is 0.900. The van der Waals surface area contributed by atoms with Gasteiger partial charge in [-0.05, 0) is 12.1 Å². The highest BCUT2D eigenvalue weighted by molar-refractivity contribution is 8.00. The lowest BCUT2D eigenvalue weighted by Gasteiger charge is -2.21. The third-order valence-corrected chi connectivity index (χ3v) is 4.65. The van der Waals surface area contributed by atoms with E-state index in [2.05, 4.69) is 10.6 Å². The summed E-state index contributed by atoms with van der Waals surface area (Å²) < 4.78 is 0. The zero-order chi connectivity index (χ0) is 13.8. The molecule has 0 radical (unpaired) electrons. The Bertz CT molecular complexity index is 511. The van der Waals surface area contributed by atoms with Gasteiger partial charge in [-0.25, -0.2) is 0 Å². The van der Waals surface area contributed by atoms with E-state index >= 15 is 0 Å². The number of benzene rings is 1. The van der Waals surface area contributed by atoms with Crippen molar-refractivity contribution in [2.45, 2.75) is 11.7 Å². The molecule has 0 aromatic heterocycles. The largest absolute Gasteiger partial charge is 0.354 e. The Labute approximate surface area is 125 Å². The van der Waals surface area contributed by atoms with Gasteiger partial charge in [0.05, 0.1) is 21.0 Å². The highest BCUT2D eigenvalue weighted by atomic mass is 35.5. The molecule has 1 heterocycles. The third-order valence-electron chi connectivity index (χ3n) is 2.61. The van der Waals surface area contributed by atoms with Gasteiger partial charge in [0, 0.05) is 18.7 Å². The third kappa shape index (κ3) is 3.78. The van der Waals surface area contributed by atoms with Crippen LogP contribution in [0.2, 0.25) is 10.0 Å². The highest BCUT2D eigenvalue weighted by Crippen LogP contribution is 2.30. The molecule has 1 aliphatic rings. The molecular formula is C12H12Cl2N2O2S. The Kier molecular flexibility index (Phi) is 4.96. The summed E-state index contributed by atoms with van der Waals surface area (Å²) in [5, 5.41) is 5.75. The average molecular weight is 319 g/mol. The number of carbonyl (C=O) groups is 2. The molecule has 19 heavy (non-hydrogen) atoms. The molecule has 1 fully saturated rings. The lowest BCUT2D eigenvalue weighted by molar-refractivity contribution is -0.123. The number of anilines is 1. The lowest BCUT2D eigenvalue weighted by Crippen LogP contribution is -2.40. The van der Waals surface area contributed by atoms with Gasteiger partial charge in [-0.1, -0.05) is 29.3 Å². The number of hydrogen-bond acceptors (Lipinski definition) is 3. The van der Waals surface area contributed by atoms with E-state index in [0.29, 0.717) is 22.3 Å². The molecule has 0 saturated carbocycles. The number of rotatable bonds is 3. The molecule has 102 valence electrons. The van der Waals surface area contributed by atoms with Gasteiger partial charge in [-0.2, -0.15) is 0 Å². The van der Waals surface area contributed by atoms with Crippen molar-refractivity contribution in [1.29, 1.82) is 0 Å². The van der Waals surface area contributed by atoms with Crippen molar-refractivity contribution in [1.82, 2.24) is 5.32 Å². The monoisotopic (exact) mass is 318 g/mol. The SMILES string of the molecule is O=C(C[C@@H]1SCCNC1=O)Nc1cccc(Cl)c1Cl. The zero-order valence-corrected chi connectivity index (χ0v) is 12.2. The van der Waals surface area contributed by atoms with Crippen LogP contribution in [0.3, 0.4) is 0 Å². The molecule has 0 unspecified atom stereocenters. The number of carbonyl (C=O) groups excluding carboxylic acids is 2. The van der Waals surface area contributed by atoms with E-state index in [1.807, 2.05) is 0 Å². The van der Waals surface area contributed by atoms with Gasteiger partial charge in [0.15, 0.2) is 0 Å². The van der Waals surface area contributed by atoms with Crippen molar-refractivity contribution in [3.63, 3.8) is 0 Å². The van der Waals surface area contributed by atoms with E-state index < -0.39 is 0 Å². The van der Waals surface area contributed by atoms with E-state index in [4.69, 9.17) is 23.2 Å². The first-order chi connectivity index (χ1) is 9.08. The normalized spacial score (nSPS) is 18.8. The summed E-state index contributed by atoms with van der Waals surface area (Å²) in [6, 6.07) is 5.01. The fourth-order valence-corrected chi connectivity index (χ4v) is 3.04. The van der Waals surface area contributed by atoms with E-state index in [-0.39, 0.29) is 23.5 Å². The van der Waals surface area contributed by atoms with E-state index in [9.17, 15) is 9.59 Å². The summed E-state index contributed by atoms with van der Waals surface area (Å²) in [6.45, 7) is 0.655. The molecule has 2 rings (SSSR count). The molecule has 0 bridgehead atoms. The average Bonchev–Trinajstić information content (AvgIpc) is 2.38. The van der Waals surface area contributed by atoms with Crippen molar-refractivity contribution < 1.29 is 9.59 Å². The van der Waals surface area contributed by atoms with E-state index in [1.165, 1.54) is 11.8 Å². The number of amides is 2. The maximum absolute atomic E-state index is 11.9. The van der Waals surface area contributed by atoms with Gasteiger partial charge in [0.2, 0.25) is 11.8 Å². The van der Waals surface area contributed by atoms with Crippen LogP contribution in [0.25, 0.3) is 0 Å². The van der Waals surface area contributed by atoms with E-state index in [1.54, 1.807) is 18.2 Å². The molecular weight excluding hydrogens is 307 g/mol. The van der Waals surface area contributed by atoms with Crippen LogP contribution in [0.15, 0.2) is 18.2 Å². The second-order valence-electron chi connectivity index (χ2n) is 4.00. The van der Waals surface area contributed by atoms with Crippen molar-refractivity contribution in [2.24, 2.45) is 0 Å². The van der Waals surface area contributed by atoms with Gasteiger partial charge < -0.3 is 10.6 Å². The molecule has 4 nitrogen and oxygen atoms in total. The predicted molar refractivity (Wildman–Crippen MR) is 79.0 cm³/mol. The second kappa shape index (κ2) is 6.50. The van der Waals surface area contributed by atoms with Crippen molar-refractivity contribution in [2.75, 3.05) is 17.6 Å². The number of nitrogens with one attached hydrogen (secondary N) is 2. The van der Waals surface area contributed by atoms with Crippen LogP contribution < -0.4 is 10.6 Å². The Morgan fingerprint density at radius 1 is 1.47 bits per heavy atom. The van der Waals surface area contributed by atoms with Crippen LogP contribution in [-0.4, -0.2) is 29.4 Å². The first-order valence-electron chi connectivity index (χ1n) is 5.71. The summed E-state index contributed by atoms with van der Waals surface area (Å²) >= 11 is 13.3. The summed E-state index contributed by atoms with van der Waals surface area (Å²) in [6.07, 6.45) is 0.124. The summed E-state index contributed by atoms with van der Waals surface area (Å²) in [5.74, 6) is 0.476. The maximum Gasteiger partial charge on any atom is 0.233 e. The minimum absolute atomic E-state index is 0.0939.